The summed E-state index contributed by atoms with van der Waals surface area (Å²) in [6, 6.07) is 7.25. The standard InChI is InChI=1S/C22H18N8O4/c1-33-19-8-15-18(34-6-4-23-15)9-17(19)30-16-7-14(12-11-26-29-5-2-3-24-21(12)29)25-10-13(16)20(28-30)27-22(31)32/h2-3,5,7-11,23H,4,6H2,1H3,(H,27,28)(H,31,32). The van der Waals surface area contributed by atoms with Crippen molar-refractivity contribution in [1.29, 1.82) is 0 Å². The van der Waals surface area contributed by atoms with Crippen molar-refractivity contribution in [3.63, 3.8) is 0 Å². The van der Waals surface area contributed by atoms with Crippen LogP contribution >= 0.6 is 0 Å². The Bertz CT molecular complexity index is 1570. The van der Waals surface area contributed by atoms with Crippen molar-refractivity contribution in [3.8, 4) is 28.4 Å². The number of hydrogen-bond donors (Lipinski definition) is 3. The van der Waals surface area contributed by atoms with Crippen LogP contribution < -0.4 is 20.1 Å². The van der Waals surface area contributed by atoms with Crippen LogP contribution in [0.25, 0.3) is 33.5 Å². The minimum Gasteiger partial charge on any atom is -0.494 e. The van der Waals surface area contributed by atoms with Crippen molar-refractivity contribution < 1.29 is 19.4 Å². The molecule has 0 fully saturated rings. The molecule has 4 aromatic heterocycles. The lowest BCUT2D eigenvalue weighted by molar-refractivity contribution is 0.209. The highest BCUT2D eigenvalue weighted by Crippen LogP contribution is 2.39. The topological polar surface area (TPSA) is 141 Å². The highest BCUT2D eigenvalue weighted by atomic mass is 16.5. The number of pyridine rings is 1. The Hall–Kier alpha value is -4.87. The van der Waals surface area contributed by atoms with Crippen LogP contribution in [0.3, 0.4) is 0 Å². The molecular weight excluding hydrogens is 440 g/mol. The zero-order valence-corrected chi connectivity index (χ0v) is 17.9. The van der Waals surface area contributed by atoms with Crippen molar-refractivity contribution in [1.82, 2.24) is 29.4 Å². The van der Waals surface area contributed by atoms with Gasteiger partial charge >= 0.3 is 6.09 Å². The van der Waals surface area contributed by atoms with E-state index in [1.54, 1.807) is 47.2 Å². The molecule has 5 heterocycles. The van der Waals surface area contributed by atoms with Gasteiger partial charge in [0.25, 0.3) is 0 Å². The SMILES string of the molecule is COc1cc2c(cc1-n1nc(NC(=O)O)c3cnc(-c4cnn5cccnc45)cc31)OCCN2. The minimum absolute atomic E-state index is 0.151. The summed E-state index contributed by atoms with van der Waals surface area (Å²) < 4.78 is 14.7. The van der Waals surface area contributed by atoms with Crippen molar-refractivity contribution in [3.05, 3.63) is 49.1 Å². The lowest BCUT2D eigenvalue weighted by atomic mass is 10.1. The van der Waals surface area contributed by atoms with Gasteiger partial charge in [-0.15, -0.1) is 5.10 Å². The number of benzene rings is 1. The monoisotopic (exact) mass is 458 g/mol. The molecule has 6 rings (SSSR count). The summed E-state index contributed by atoms with van der Waals surface area (Å²) in [5, 5.41) is 24.4. The molecule has 12 nitrogen and oxygen atoms in total. The van der Waals surface area contributed by atoms with Crippen molar-refractivity contribution in [2.75, 3.05) is 30.9 Å². The maximum atomic E-state index is 11.4. The van der Waals surface area contributed by atoms with Gasteiger partial charge < -0.3 is 19.9 Å². The molecular formula is C22H18N8O4. The molecule has 0 saturated carbocycles. The maximum absolute atomic E-state index is 11.4. The first kappa shape index (κ1) is 19.8. The Kier molecular flexibility index (Phi) is 4.43. The van der Waals surface area contributed by atoms with E-state index >= 15 is 0 Å². The van der Waals surface area contributed by atoms with E-state index in [2.05, 4.69) is 30.8 Å². The molecule has 0 radical (unpaired) electrons. The lowest BCUT2D eigenvalue weighted by Crippen LogP contribution is -2.18. The molecule has 3 N–H and O–H groups in total. The summed E-state index contributed by atoms with van der Waals surface area (Å²) in [7, 11) is 1.56. The van der Waals surface area contributed by atoms with Crippen LogP contribution in [0.1, 0.15) is 0 Å². The zero-order valence-electron chi connectivity index (χ0n) is 17.9. The summed E-state index contributed by atoms with van der Waals surface area (Å²) in [5.41, 5.74) is 4.00. The summed E-state index contributed by atoms with van der Waals surface area (Å²) in [6.07, 6.45) is 5.52. The molecule has 1 aromatic carbocycles. The number of nitrogens with one attached hydrogen (secondary N) is 2. The minimum atomic E-state index is -1.23. The first-order chi connectivity index (χ1) is 16.6. The molecule has 1 amide bonds. The highest BCUT2D eigenvalue weighted by molar-refractivity contribution is 5.99. The number of carbonyl (C=O) groups is 1. The largest absolute Gasteiger partial charge is 0.494 e. The first-order valence-corrected chi connectivity index (χ1v) is 10.4. The van der Waals surface area contributed by atoms with Crippen molar-refractivity contribution >= 4 is 34.1 Å². The summed E-state index contributed by atoms with van der Waals surface area (Å²) in [6.45, 7) is 1.22. The third-order valence-electron chi connectivity index (χ3n) is 5.53. The van der Waals surface area contributed by atoms with Gasteiger partial charge in [-0.3, -0.25) is 10.3 Å². The van der Waals surface area contributed by atoms with E-state index in [1.807, 2.05) is 18.2 Å². The fourth-order valence-electron chi connectivity index (χ4n) is 4.03. The second-order valence-electron chi connectivity index (χ2n) is 7.52. The fourth-order valence-corrected chi connectivity index (χ4v) is 4.03. The normalized spacial score (nSPS) is 12.7. The summed E-state index contributed by atoms with van der Waals surface area (Å²) in [4.78, 5) is 20.4. The van der Waals surface area contributed by atoms with Crippen LogP contribution in [-0.4, -0.2) is 60.8 Å². The number of ether oxygens (including phenoxy) is 2. The fraction of sp³-hybridized carbons (Fsp3) is 0.136. The van der Waals surface area contributed by atoms with Crippen LogP contribution in [0, 0.1) is 0 Å². The van der Waals surface area contributed by atoms with E-state index in [4.69, 9.17) is 9.47 Å². The van der Waals surface area contributed by atoms with Crippen LogP contribution in [-0.2, 0) is 0 Å². The van der Waals surface area contributed by atoms with E-state index < -0.39 is 6.09 Å². The Morgan fingerprint density at radius 1 is 1.26 bits per heavy atom. The van der Waals surface area contributed by atoms with Crippen molar-refractivity contribution in [2.45, 2.75) is 0 Å². The summed E-state index contributed by atoms with van der Waals surface area (Å²) >= 11 is 0. The number of anilines is 2. The molecule has 5 aromatic rings. The number of fused-ring (bicyclic) bond motifs is 3. The average molecular weight is 458 g/mol. The van der Waals surface area contributed by atoms with Gasteiger partial charge in [0, 0.05) is 37.3 Å². The van der Waals surface area contributed by atoms with Gasteiger partial charge in [0.15, 0.2) is 11.5 Å². The van der Waals surface area contributed by atoms with Gasteiger partial charge in [-0.2, -0.15) is 5.10 Å². The quantitative estimate of drug-likeness (QED) is 0.370. The molecule has 34 heavy (non-hydrogen) atoms. The van der Waals surface area contributed by atoms with Gasteiger partial charge in [-0.05, 0) is 12.1 Å². The predicted molar refractivity (Wildman–Crippen MR) is 123 cm³/mol. The molecule has 1 aliphatic rings. The van der Waals surface area contributed by atoms with E-state index in [1.165, 1.54) is 0 Å². The average Bonchev–Trinajstić information content (AvgIpc) is 3.44. The molecule has 0 spiro atoms. The van der Waals surface area contributed by atoms with Crippen LogP contribution in [0.4, 0.5) is 16.3 Å². The highest BCUT2D eigenvalue weighted by Gasteiger charge is 2.22. The summed E-state index contributed by atoms with van der Waals surface area (Å²) in [5.74, 6) is 1.34. The molecule has 0 aliphatic carbocycles. The van der Waals surface area contributed by atoms with Gasteiger partial charge in [0.05, 0.1) is 41.2 Å². The molecule has 0 saturated heterocycles. The Balaban J connectivity index is 1.59. The molecule has 1 aliphatic heterocycles. The lowest BCUT2D eigenvalue weighted by Gasteiger charge is -2.21. The molecule has 0 unspecified atom stereocenters. The van der Waals surface area contributed by atoms with E-state index in [0.29, 0.717) is 52.6 Å². The zero-order chi connectivity index (χ0) is 23.2. The number of hydrogen-bond acceptors (Lipinski definition) is 8. The van der Waals surface area contributed by atoms with Gasteiger partial charge in [-0.25, -0.2) is 19.0 Å². The number of aromatic nitrogens is 6. The maximum Gasteiger partial charge on any atom is 0.410 e. The van der Waals surface area contributed by atoms with Gasteiger partial charge in [-0.1, -0.05) is 0 Å². The van der Waals surface area contributed by atoms with Crippen LogP contribution in [0.15, 0.2) is 49.1 Å². The molecule has 0 bridgehead atoms. The second kappa shape index (κ2) is 7.62. The van der Waals surface area contributed by atoms with E-state index in [0.717, 1.165) is 11.3 Å². The third-order valence-corrected chi connectivity index (χ3v) is 5.53. The number of carboxylic acid groups (broad SMARTS) is 1. The number of rotatable bonds is 4. The second-order valence-corrected chi connectivity index (χ2v) is 7.52. The molecule has 12 heteroatoms. The van der Waals surface area contributed by atoms with E-state index in [9.17, 15) is 9.90 Å². The van der Waals surface area contributed by atoms with E-state index in [-0.39, 0.29) is 5.82 Å². The predicted octanol–water partition coefficient (Wildman–Crippen LogP) is 3.03. The Morgan fingerprint density at radius 3 is 3.03 bits per heavy atom. The number of nitrogens with zero attached hydrogens (tertiary/aromatic N) is 6. The number of amides is 1. The Labute approximate surface area is 191 Å². The van der Waals surface area contributed by atoms with Gasteiger partial charge in [0.1, 0.15) is 23.8 Å². The van der Waals surface area contributed by atoms with Crippen LogP contribution in [0.5, 0.6) is 11.5 Å². The van der Waals surface area contributed by atoms with Crippen molar-refractivity contribution in [2.24, 2.45) is 0 Å². The number of methoxy groups -OCH3 is 1. The smallest absolute Gasteiger partial charge is 0.410 e. The molecule has 0 atom stereocenters. The third kappa shape index (κ3) is 3.11. The van der Waals surface area contributed by atoms with Gasteiger partial charge in [0.2, 0.25) is 0 Å². The Morgan fingerprint density at radius 2 is 2.18 bits per heavy atom. The van der Waals surface area contributed by atoms with Crippen LogP contribution in [0.2, 0.25) is 0 Å². The molecule has 170 valence electrons. The first-order valence-electron chi connectivity index (χ1n) is 10.4.